The summed E-state index contributed by atoms with van der Waals surface area (Å²) >= 11 is 0. The third-order valence-corrected chi connectivity index (χ3v) is 2.11. The average molecular weight is 184 g/mol. The minimum atomic E-state index is -0.0182. The molecule has 0 aliphatic rings. The number of aromatic nitrogens is 1. The van der Waals surface area contributed by atoms with E-state index in [1.54, 1.807) is 24.4 Å². The first-order valence-corrected chi connectivity index (χ1v) is 4.24. The lowest BCUT2D eigenvalue weighted by Gasteiger charge is -2.01. The number of aliphatic hydroxyl groups is 1. The van der Waals surface area contributed by atoms with Crippen LogP contribution in [0.1, 0.15) is 11.1 Å². The topological polar surface area (TPSA) is 56.9 Å². The Morgan fingerprint density at radius 1 is 1.36 bits per heavy atom. The number of benzene rings is 1. The number of rotatable bonds is 1. The second-order valence-corrected chi connectivity index (χ2v) is 2.98. The van der Waals surface area contributed by atoms with E-state index in [0.29, 0.717) is 5.56 Å². The van der Waals surface area contributed by atoms with Gasteiger partial charge in [0.05, 0.1) is 23.8 Å². The van der Waals surface area contributed by atoms with Gasteiger partial charge in [-0.2, -0.15) is 5.26 Å². The minimum absolute atomic E-state index is 0.0182. The Morgan fingerprint density at radius 3 is 2.93 bits per heavy atom. The Labute approximate surface area is 81.2 Å². The highest BCUT2D eigenvalue weighted by Crippen LogP contribution is 2.17. The van der Waals surface area contributed by atoms with Crippen molar-refractivity contribution in [2.75, 3.05) is 0 Å². The van der Waals surface area contributed by atoms with Crippen LogP contribution < -0.4 is 0 Å². The van der Waals surface area contributed by atoms with Gasteiger partial charge in [-0.15, -0.1) is 0 Å². The Bertz CT molecular complexity index is 514. The number of hydrogen-bond acceptors (Lipinski definition) is 3. The summed E-state index contributed by atoms with van der Waals surface area (Å²) in [7, 11) is 0. The number of pyridine rings is 1. The van der Waals surface area contributed by atoms with Crippen LogP contribution in [0.25, 0.3) is 10.9 Å². The molecule has 0 saturated carbocycles. The fourth-order valence-corrected chi connectivity index (χ4v) is 1.39. The van der Waals surface area contributed by atoms with Crippen molar-refractivity contribution in [1.29, 1.82) is 5.26 Å². The van der Waals surface area contributed by atoms with Crippen LogP contribution in [0.15, 0.2) is 30.5 Å². The van der Waals surface area contributed by atoms with E-state index in [-0.39, 0.29) is 6.61 Å². The molecule has 3 nitrogen and oxygen atoms in total. The quantitative estimate of drug-likeness (QED) is 0.732. The van der Waals surface area contributed by atoms with Crippen molar-refractivity contribution in [2.45, 2.75) is 6.61 Å². The number of fused-ring (bicyclic) bond motifs is 1. The first-order valence-electron chi connectivity index (χ1n) is 4.24. The normalized spacial score (nSPS) is 10.0. The summed E-state index contributed by atoms with van der Waals surface area (Å²) in [6, 6.07) is 9.17. The van der Waals surface area contributed by atoms with Gasteiger partial charge < -0.3 is 5.11 Å². The van der Waals surface area contributed by atoms with Crippen LogP contribution in [0.4, 0.5) is 0 Å². The highest BCUT2D eigenvalue weighted by Gasteiger charge is 2.01. The fraction of sp³-hybridized carbons (Fsp3) is 0.0909. The monoisotopic (exact) mass is 184 g/mol. The van der Waals surface area contributed by atoms with Gasteiger partial charge in [0.15, 0.2) is 0 Å². The van der Waals surface area contributed by atoms with Crippen molar-refractivity contribution >= 4 is 10.9 Å². The Balaban J connectivity index is 2.78. The molecule has 1 aromatic heterocycles. The summed E-state index contributed by atoms with van der Waals surface area (Å²) in [5.74, 6) is 0. The van der Waals surface area contributed by atoms with Crippen LogP contribution in [0.3, 0.4) is 0 Å². The molecule has 0 saturated heterocycles. The standard InChI is InChI=1S/C11H8N2O/c12-6-9-3-4-13-11-2-1-8(7-14)5-10(9)11/h1-5,14H,7H2. The highest BCUT2D eigenvalue weighted by atomic mass is 16.3. The van der Waals surface area contributed by atoms with Crippen LogP contribution >= 0.6 is 0 Å². The zero-order valence-corrected chi connectivity index (χ0v) is 7.44. The average Bonchev–Trinajstić information content (AvgIpc) is 2.27. The van der Waals surface area contributed by atoms with Gasteiger partial charge in [0.25, 0.3) is 0 Å². The van der Waals surface area contributed by atoms with Crippen LogP contribution in [0, 0.1) is 11.3 Å². The summed E-state index contributed by atoms with van der Waals surface area (Å²) in [6.45, 7) is -0.0182. The number of nitrogens with zero attached hydrogens (tertiary/aromatic N) is 2. The minimum Gasteiger partial charge on any atom is -0.392 e. The van der Waals surface area contributed by atoms with Gasteiger partial charge in [0, 0.05) is 11.6 Å². The molecule has 0 aliphatic heterocycles. The molecule has 2 aromatic rings. The van der Waals surface area contributed by atoms with Crippen LogP contribution in [-0.4, -0.2) is 10.1 Å². The molecular formula is C11H8N2O. The zero-order chi connectivity index (χ0) is 9.97. The van der Waals surface area contributed by atoms with Crippen molar-refractivity contribution < 1.29 is 5.11 Å². The second kappa shape index (κ2) is 3.44. The summed E-state index contributed by atoms with van der Waals surface area (Å²) in [5.41, 5.74) is 2.16. The van der Waals surface area contributed by atoms with Gasteiger partial charge in [-0.1, -0.05) is 6.07 Å². The third-order valence-electron chi connectivity index (χ3n) is 2.11. The summed E-state index contributed by atoms with van der Waals surface area (Å²) in [5, 5.41) is 18.6. The molecule has 0 fully saturated rings. The van der Waals surface area contributed by atoms with E-state index in [4.69, 9.17) is 10.4 Å². The van der Waals surface area contributed by atoms with Crippen LogP contribution in [0.2, 0.25) is 0 Å². The van der Waals surface area contributed by atoms with Gasteiger partial charge in [0.2, 0.25) is 0 Å². The predicted molar refractivity (Wildman–Crippen MR) is 52.4 cm³/mol. The molecule has 0 radical (unpaired) electrons. The van der Waals surface area contributed by atoms with Gasteiger partial charge in [-0.3, -0.25) is 4.98 Å². The smallest absolute Gasteiger partial charge is 0.0999 e. The molecule has 1 heterocycles. The van der Waals surface area contributed by atoms with Crippen molar-refractivity contribution in [1.82, 2.24) is 4.98 Å². The maximum Gasteiger partial charge on any atom is 0.0999 e. The molecule has 68 valence electrons. The van der Waals surface area contributed by atoms with Gasteiger partial charge in [0.1, 0.15) is 0 Å². The number of aliphatic hydroxyl groups excluding tert-OH is 1. The van der Waals surface area contributed by atoms with Gasteiger partial charge in [-0.05, 0) is 23.8 Å². The van der Waals surface area contributed by atoms with E-state index in [0.717, 1.165) is 16.5 Å². The second-order valence-electron chi connectivity index (χ2n) is 2.98. The summed E-state index contributed by atoms with van der Waals surface area (Å²) < 4.78 is 0. The molecule has 0 atom stereocenters. The van der Waals surface area contributed by atoms with E-state index in [9.17, 15) is 0 Å². The maximum absolute atomic E-state index is 8.96. The largest absolute Gasteiger partial charge is 0.392 e. The van der Waals surface area contributed by atoms with E-state index in [1.165, 1.54) is 0 Å². The van der Waals surface area contributed by atoms with E-state index >= 15 is 0 Å². The van der Waals surface area contributed by atoms with Gasteiger partial charge in [-0.25, -0.2) is 0 Å². The number of hydrogen-bond donors (Lipinski definition) is 1. The molecule has 0 aliphatic carbocycles. The first-order chi connectivity index (χ1) is 6.85. The van der Waals surface area contributed by atoms with Gasteiger partial charge >= 0.3 is 0 Å². The molecule has 2 rings (SSSR count). The van der Waals surface area contributed by atoms with E-state index < -0.39 is 0 Å². The van der Waals surface area contributed by atoms with Crippen LogP contribution in [0.5, 0.6) is 0 Å². The molecule has 3 heteroatoms. The molecule has 14 heavy (non-hydrogen) atoms. The predicted octanol–water partition coefficient (Wildman–Crippen LogP) is 1.60. The third kappa shape index (κ3) is 1.32. The van der Waals surface area contributed by atoms with Crippen molar-refractivity contribution in [3.63, 3.8) is 0 Å². The van der Waals surface area contributed by atoms with E-state index in [2.05, 4.69) is 11.1 Å². The lowest BCUT2D eigenvalue weighted by molar-refractivity contribution is 0.282. The highest BCUT2D eigenvalue weighted by molar-refractivity contribution is 5.84. The fourth-order valence-electron chi connectivity index (χ4n) is 1.39. The molecule has 1 N–H and O–H groups in total. The lowest BCUT2D eigenvalue weighted by atomic mass is 10.1. The van der Waals surface area contributed by atoms with Crippen molar-refractivity contribution in [3.05, 3.63) is 41.6 Å². The summed E-state index contributed by atoms with van der Waals surface area (Å²) in [4.78, 5) is 4.13. The summed E-state index contributed by atoms with van der Waals surface area (Å²) in [6.07, 6.45) is 1.61. The van der Waals surface area contributed by atoms with Crippen molar-refractivity contribution in [3.8, 4) is 6.07 Å². The number of nitriles is 1. The molecule has 0 unspecified atom stereocenters. The first kappa shape index (κ1) is 8.67. The Morgan fingerprint density at radius 2 is 2.21 bits per heavy atom. The molecule has 1 aromatic carbocycles. The molecule has 0 bridgehead atoms. The molecular weight excluding hydrogens is 176 g/mol. The van der Waals surface area contributed by atoms with E-state index in [1.807, 2.05) is 6.07 Å². The maximum atomic E-state index is 8.96. The van der Waals surface area contributed by atoms with Crippen LogP contribution in [-0.2, 0) is 6.61 Å². The lowest BCUT2D eigenvalue weighted by Crippen LogP contribution is -1.87. The van der Waals surface area contributed by atoms with Crippen molar-refractivity contribution in [2.24, 2.45) is 0 Å². The zero-order valence-electron chi connectivity index (χ0n) is 7.44. The Hall–Kier alpha value is -1.92. The Kier molecular flexibility index (Phi) is 2.13. The molecule has 0 amide bonds. The SMILES string of the molecule is N#Cc1ccnc2ccc(CO)cc12. The molecule has 0 spiro atoms.